The van der Waals surface area contributed by atoms with Crippen LogP contribution in [0.3, 0.4) is 0 Å². The maximum Gasteiger partial charge on any atom is 0.238 e. The predicted molar refractivity (Wildman–Crippen MR) is 76.5 cm³/mol. The molecular formula is C14H19FN2OS. The highest BCUT2D eigenvalue weighted by Crippen LogP contribution is 2.30. The van der Waals surface area contributed by atoms with Crippen LogP contribution in [0.25, 0.3) is 0 Å². The zero-order valence-corrected chi connectivity index (χ0v) is 12.3. The largest absolute Gasteiger partial charge is 0.320 e. The zero-order valence-electron chi connectivity index (χ0n) is 11.4. The van der Waals surface area contributed by atoms with Gasteiger partial charge in [0.1, 0.15) is 12.0 Å². The van der Waals surface area contributed by atoms with Crippen molar-refractivity contribution in [3.05, 3.63) is 35.6 Å². The van der Waals surface area contributed by atoms with E-state index in [-0.39, 0.29) is 29.2 Å². The van der Waals surface area contributed by atoms with Gasteiger partial charge in [-0.3, -0.25) is 10.1 Å². The highest BCUT2D eigenvalue weighted by atomic mass is 32.2. The van der Waals surface area contributed by atoms with Crippen molar-refractivity contribution in [2.75, 3.05) is 19.3 Å². The zero-order chi connectivity index (χ0) is 14.0. The van der Waals surface area contributed by atoms with Gasteiger partial charge in [0.25, 0.3) is 0 Å². The first kappa shape index (κ1) is 14.3. The Morgan fingerprint density at radius 2 is 2.16 bits per heavy atom. The molecule has 1 aliphatic rings. The SMILES string of the molecule is CSC(C)(C)CN1C(=O)CNC1c1ccccc1F. The van der Waals surface area contributed by atoms with Gasteiger partial charge in [-0.25, -0.2) is 4.39 Å². The number of nitrogens with zero attached hydrogens (tertiary/aromatic N) is 1. The van der Waals surface area contributed by atoms with E-state index in [1.54, 1.807) is 34.9 Å². The third-order valence-electron chi connectivity index (χ3n) is 3.38. The molecule has 0 aliphatic carbocycles. The van der Waals surface area contributed by atoms with Crippen LogP contribution in [-0.2, 0) is 4.79 Å². The average molecular weight is 282 g/mol. The Morgan fingerprint density at radius 3 is 2.79 bits per heavy atom. The third-order valence-corrected chi connectivity index (χ3v) is 4.62. The molecule has 0 aromatic heterocycles. The first-order chi connectivity index (χ1) is 8.94. The number of hydrogen-bond donors (Lipinski definition) is 1. The van der Waals surface area contributed by atoms with Crippen molar-refractivity contribution in [1.29, 1.82) is 0 Å². The second-order valence-corrected chi connectivity index (χ2v) is 6.80. The quantitative estimate of drug-likeness (QED) is 0.920. The molecule has 5 heteroatoms. The Bertz CT molecular complexity index is 478. The number of benzene rings is 1. The Labute approximate surface area is 117 Å². The van der Waals surface area contributed by atoms with Crippen LogP contribution in [0.1, 0.15) is 25.6 Å². The van der Waals surface area contributed by atoms with Crippen molar-refractivity contribution in [1.82, 2.24) is 10.2 Å². The van der Waals surface area contributed by atoms with E-state index in [4.69, 9.17) is 0 Å². The second-order valence-electron chi connectivity index (χ2n) is 5.29. The fraction of sp³-hybridized carbons (Fsp3) is 0.500. The van der Waals surface area contributed by atoms with Gasteiger partial charge in [-0.15, -0.1) is 0 Å². The molecule has 3 nitrogen and oxygen atoms in total. The number of nitrogens with one attached hydrogen (secondary N) is 1. The van der Waals surface area contributed by atoms with Gasteiger partial charge in [-0.2, -0.15) is 11.8 Å². The number of rotatable bonds is 4. The summed E-state index contributed by atoms with van der Waals surface area (Å²) in [7, 11) is 0. The number of carbonyl (C=O) groups excluding carboxylic acids is 1. The molecule has 0 bridgehead atoms. The Balaban J connectivity index is 2.25. The van der Waals surface area contributed by atoms with Crippen LogP contribution < -0.4 is 5.32 Å². The van der Waals surface area contributed by atoms with Crippen molar-refractivity contribution in [3.63, 3.8) is 0 Å². The molecule has 0 spiro atoms. The van der Waals surface area contributed by atoms with Gasteiger partial charge in [0.2, 0.25) is 5.91 Å². The maximum absolute atomic E-state index is 13.9. The molecular weight excluding hydrogens is 263 g/mol. The molecule has 1 fully saturated rings. The van der Waals surface area contributed by atoms with Gasteiger partial charge in [0.15, 0.2) is 0 Å². The summed E-state index contributed by atoms with van der Waals surface area (Å²) in [4.78, 5) is 13.7. The highest BCUT2D eigenvalue weighted by Gasteiger charge is 2.36. The van der Waals surface area contributed by atoms with Crippen LogP contribution in [0.2, 0.25) is 0 Å². The topological polar surface area (TPSA) is 32.3 Å². The van der Waals surface area contributed by atoms with Crippen LogP contribution in [0, 0.1) is 5.82 Å². The summed E-state index contributed by atoms with van der Waals surface area (Å²) >= 11 is 1.70. The van der Waals surface area contributed by atoms with E-state index in [0.717, 1.165) is 0 Å². The standard InChI is InChI=1S/C14H19FN2OS/c1-14(2,19-3)9-17-12(18)8-16-13(17)10-6-4-5-7-11(10)15/h4-7,13,16H,8-9H2,1-3H3. The summed E-state index contributed by atoms with van der Waals surface area (Å²) in [6.45, 7) is 5.03. The summed E-state index contributed by atoms with van der Waals surface area (Å²) in [6, 6.07) is 6.61. The number of carbonyl (C=O) groups is 1. The van der Waals surface area contributed by atoms with Crippen molar-refractivity contribution < 1.29 is 9.18 Å². The molecule has 1 unspecified atom stereocenters. The number of thioether (sulfide) groups is 1. The number of hydrogen-bond acceptors (Lipinski definition) is 3. The lowest BCUT2D eigenvalue weighted by Crippen LogP contribution is -2.40. The van der Waals surface area contributed by atoms with E-state index < -0.39 is 0 Å². The van der Waals surface area contributed by atoms with Gasteiger partial charge in [0.05, 0.1) is 6.54 Å². The first-order valence-electron chi connectivity index (χ1n) is 6.27. The molecule has 104 valence electrons. The molecule has 1 heterocycles. The van der Waals surface area contributed by atoms with Crippen molar-refractivity contribution >= 4 is 17.7 Å². The number of amides is 1. The van der Waals surface area contributed by atoms with E-state index in [2.05, 4.69) is 19.2 Å². The first-order valence-corrected chi connectivity index (χ1v) is 7.49. The van der Waals surface area contributed by atoms with E-state index in [1.807, 2.05) is 6.26 Å². The fourth-order valence-electron chi connectivity index (χ4n) is 2.17. The fourth-order valence-corrected chi connectivity index (χ4v) is 2.44. The normalized spacial score (nSPS) is 20.1. The van der Waals surface area contributed by atoms with Crippen molar-refractivity contribution in [3.8, 4) is 0 Å². The van der Waals surface area contributed by atoms with Crippen LogP contribution in [0.15, 0.2) is 24.3 Å². The summed E-state index contributed by atoms with van der Waals surface area (Å²) < 4.78 is 13.8. The summed E-state index contributed by atoms with van der Waals surface area (Å²) in [5, 5.41) is 3.09. The molecule has 1 atom stereocenters. The van der Waals surface area contributed by atoms with E-state index >= 15 is 0 Å². The Hall–Kier alpha value is -1.07. The molecule has 1 amide bonds. The van der Waals surface area contributed by atoms with Crippen molar-refractivity contribution in [2.45, 2.75) is 24.8 Å². The molecule has 1 aromatic rings. The summed E-state index contributed by atoms with van der Waals surface area (Å²) in [5.74, 6) is -0.253. The van der Waals surface area contributed by atoms with Crippen LogP contribution in [0.4, 0.5) is 4.39 Å². The van der Waals surface area contributed by atoms with Crippen molar-refractivity contribution in [2.24, 2.45) is 0 Å². The molecule has 1 saturated heterocycles. The lowest BCUT2D eigenvalue weighted by Gasteiger charge is -2.32. The minimum Gasteiger partial charge on any atom is -0.320 e. The van der Waals surface area contributed by atoms with Gasteiger partial charge < -0.3 is 4.90 Å². The summed E-state index contributed by atoms with van der Waals surface area (Å²) in [6.07, 6.45) is 1.66. The Morgan fingerprint density at radius 1 is 1.47 bits per heavy atom. The molecule has 1 aliphatic heterocycles. The van der Waals surface area contributed by atoms with E-state index in [1.165, 1.54) is 6.07 Å². The maximum atomic E-state index is 13.9. The molecule has 0 radical (unpaired) electrons. The monoisotopic (exact) mass is 282 g/mol. The van der Waals surface area contributed by atoms with Gasteiger partial charge in [0, 0.05) is 16.9 Å². The smallest absolute Gasteiger partial charge is 0.238 e. The molecule has 19 heavy (non-hydrogen) atoms. The molecule has 1 aromatic carbocycles. The van der Waals surface area contributed by atoms with Crippen LogP contribution in [0.5, 0.6) is 0 Å². The lowest BCUT2D eigenvalue weighted by molar-refractivity contribution is -0.128. The third kappa shape index (κ3) is 3.09. The highest BCUT2D eigenvalue weighted by molar-refractivity contribution is 7.99. The van der Waals surface area contributed by atoms with Gasteiger partial charge in [-0.1, -0.05) is 18.2 Å². The van der Waals surface area contributed by atoms with E-state index in [9.17, 15) is 9.18 Å². The minimum absolute atomic E-state index is 0.0235. The molecule has 1 N–H and O–H groups in total. The Kier molecular flexibility index (Phi) is 4.16. The van der Waals surface area contributed by atoms with Gasteiger partial charge in [-0.05, 0) is 26.2 Å². The molecule has 2 rings (SSSR count). The van der Waals surface area contributed by atoms with Crippen LogP contribution in [-0.4, -0.2) is 34.9 Å². The van der Waals surface area contributed by atoms with Crippen LogP contribution >= 0.6 is 11.8 Å². The predicted octanol–water partition coefficient (Wildman–Crippen LogP) is 2.40. The summed E-state index contributed by atoms with van der Waals surface area (Å²) in [5.41, 5.74) is 0.533. The lowest BCUT2D eigenvalue weighted by atomic mass is 10.1. The minimum atomic E-state index is -0.361. The second kappa shape index (κ2) is 5.51. The van der Waals surface area contributed by atoms with Gasteiger partial charge >= 0.3 is 0 Å². The number of halogens is 1. The molecule has 0 saturated carbocycles. The average Bonchev–Trinajstić information content (AvgIpc) is 2.71. The van der Waals surface area contributed by atoms with E-state index in [0.29, 0.717) is 12.1 Å².